The fraction of sp³-hybridized carbons (Fsp3) is 0.899. The minimum absolute atomic E-state index is 0.0170. The highest BCUT2D eigenvalue weighted by atomic mass is 16.5. The summed E-state index contributed by atoms with van der Waals surface area (Å²) in [6.45, 7) is 4.90. The first-order valence-electron chi connectivity index (χ1n) is 38.8. The molecule has 502 valence electrons. The van der Waals surface area contributed by atoms with Gasteiger partial charge in [-0.25, -0.2) is 0 Å². The van der Waals surface area contributed by atoms with Gasteiger partial charge in [0.2, 0.25) is 5.91 Å². The molecule has 3 N–H and O–H groups in total. The van der Waals surface area contributed by atoms with E-state index >= 15 is 0 Å². The molecule has 0 radical (unpaired) electrons. The Morgan fingerprint density at radius 3 is 0.906 bits per heavy atom. The highest BCUT2D eigenvalue weighted by Gasteiger charge is 2.18. The standard InChI is InChI=1S/C79H151NO5/c1-3-5-7-9-11-13-15-16-17-18-43-46-49-53-57-61-65-69-73-79(84)85-74-70-66-62-58-54-50-47-44-41-39-37-35-33-31-29-27-25-23-21-19-20-22-24-26-28-30-32-34-36-38-40-42-45-48-52-56-60-64-68-72-78(83)80-76(75-81)77(82)71-67-63-59-55-51-14-12-10-8-6-4-2/h13,15,17-18,67,71,76-77,81-82H,3-12,14,16,19-66,68-70,72-75H2,1-2H3,(H,80,83)/b15-13-,18-17-,71-67+. The molecule has 0 fully saturated rings. The number of amides is 1. The van der Waals surface area contributed by atoms with Gasteiger partial charge in [-0.1, -0.05) is 391 Å². The molecule has 0 heterocycles. The second kappa shape index (κ2) is 74.5. The van der Waals surface area contributed by atoms with Crippen molar-refractivity contribution in [2.45, 2.75) is 443 Å². The van der Waals surface area contributed by atoms with Gasteiger partial charge in [0.15, 0.2) is 0 Å². The summed E-state index contributed by atoms with van der Waals surface area (Å²) in [5.41, 5.74) is 0. The number of rotatable bonds is 73. The number of aliphatic hydroxyl groups is 2. The van der Waals surface area contributed by atoms with Crippen molar-refractivity contribution in [1.82, 2.24) is 5.32 Å². The molecule has 0 saturated carbocycles. The molecular formula is C79H151NO5. The zero-order chi connectivity index (χ0) is 61.3. The molecule has 0 saturated heterocycles. The van der Waals surface area contributed by atoms with E-state index < -0.39 is 12.1 Å². The summed E-state index contributed by atoms with van der Waals surface area (Å²) in [5, 5.41) is 23.1. The second-order valence-corrected chi connectivity index (χ2v) is 26.7. The second-order valence-electron chi connectivity index (χ2n) is 26.7. The fourth-order valence-electron chi connectivity index (χ4n) is 12.3. The van der Waals surface area contributed by atoms with Crippen LogP contribution in [-0.2, 0) is 14.3 Å². The van der Waals surface area contributed by atoms with E-state index in [0.29, 0.717) is 19.4 Å². The lowest BCUT2D eigenvalue weighted by atomic mass is 10.0. The van der Waals surface area contributed by atoms with Gasteiger partial charge in [-0.3, -0.25) is 9.59 Å². The maximum atomic E-state index is 12.5. The first-order valence-corrected chi connectivity index (χ1v) is 38.8. The van der Waals surface area contributed by atoms with Crippen molar-refractivity contribution in [3.63, 3.8) is 0 Å². The van der Waals surface area contributed by atoms with Crippen molar-refractivity contribution >= 4 is 11.9 Å². The largest absolute Gasteiger partial charge is 0.466 e. The Hall–Kier alpha value is -1.92. The molecule has 0 aromatic heterocycles. The summed E-state index contributed by atoms with van der Waals surface area (Å²) >= 11 is 0. The van der Waals surface area contributed by atoms with E-state index in [4.69, 9.17) is 4.74 Å². The van der Waals surface area contributed by atoms with E-state index in [1.54, 1.807) is 6.08 Å². The number of nitrogens with one attached hydrogen (secondary N) is 1. The van der Waals surface area contributed by atoms with Crippen molar-refractivity contribution in [3.8, 4) is 0 Å². The molecule has 6 heteroatoms. The Morgan fingerprint density at radius 2 is 0.588 bits per heavy atom. The minimum atomic E-state index is -0.838. The van der Waals surface area contributed by atoms with Gasteiger partial charge in [0.05, 0.1) is 25.4 Å². The monoisotopic (exact) mass is 1190 g/mol. The van der Waals surface area contributed by atoms with Crippen LogP contribution in [0.3, 0.4) is 0 Å². The lowest BCUT2D eigenvalue weighted by molar-refractivity contribution is -0.143. The van der Waals surface area contributed by atoms with Crippen LogP contribution < -0.4 is 5.32 Å². The van der Waals surface area contributed by atoms with Gasteiger partial charge < -0.3 is 20.3 Å². The molecule has 2 atom stereocenters. The highest BCUT2D eigenvalue weighted by Crippen LogP contribution is 2.20. The van der Waals surface area contributed by atoms with E-state index in [0.717, 1.165) is 51.4 Å². The fourth-order valence-corrected chi connectivity index (χ4v) is 12.3. The van der Waals surface area contributed by atoms with E-state index in [2.05, 4.69) is 43.5 Å². The number of hydrogen-bond acceptors (Lipinski definition) is 5. The van der Waals surface area contributed by atoms with Crippen molar-refractivity contribution in [2.24, 2.45) is 0 Å². The molecule has 0 aliphatic carbocycles. The normalized spacial score (nSPS) is 12.7. The van der Waals surface area contributed by atoms with E-state index in [1.165, 1.54) is 353 Å². The predicted molar refractivity (Wildman–Crippen MR) is 375 cm³/mol. The third-order valence-corrected chi connectivity index (χ3v) is 18.2. The van der Waals surface area contributed by atoms with Gasteiger partial charge in [-0.15, -0.1) is 0 Å². The maximum Gasteiger partial charge on any atom is 0.305 e. The Bertz CT molecular complexity index is 1380. The van der Waals surface area contributed by atoms with E-state index in [-0.39, 0.29) is 18.5 Å². The SMILES string of the molecule is CCCCCC/C=C\C/C=C\CCCCCCCCCC(=O)OCCCCCCCCCCCCCCCCCCCCCCCCCCCCCCCCCCCCCCCCCC(=O)NC(CO)C(O)/C=C/CCCCCCCCCCC. The topological polar surface area (TPSA) is 95.9 Å². The van der Waals surface area contributed by atoms with Crippen LogP contribution in [-0.4, -0.2) is 47.4 Å². The molecule has 6 nitrogen and oxygen atoms in total. The van der Waals surface area contributed by atoms with Crippen LogP contribution in [0.25, 0.3) is 0 Å². The Morgan fingerprint density at radius 1 is 0.329 bits per heavy atom. The number of esters is 1. The quantitative estimate of drug-likeness (QED) is 0.0320. The maximum absolute atomic E-state index is 12.5. The van der Waals surface area contributed by atoms with Gasteiger partial charge in [0.25, 0.3) is 0 Å². The number of carbonyl (C=O) groups is 2. The van der Waals surface area contributed by atoms with Gasteiger partial charge in [0.1, 0.15) is 0 Å². The number of allylic oxidation sites excluding steroid dienone is 5. The molecular weight excluding hydrogens is 1040 g/mol. The lowest BCUT2D eigenvalue weighted by Gasteiger charge is -2.20. The molecule has 0 bridgehead atoms. The molecule has 0 aromatic carbocycles. The number of unbranched alkanes of at least 4 members (excludes halogenated alkanes) is 58. The predicted octanol–water partition coefficient (Wildman–Crippen LogP) is 25.4. The summed E-state index contributed by atoms with van der Waals surface area (Å²) < 4.78 is 5.51. The number of carbonyl (C=O) groups excluding carboxylic acids is 2. The summed E-state index contributed by atoms with van der Waals surface area (Å²) in [6, 6.07) is -0.621. The smallest absolute Gasteiger partial charge is 0.305 e. The van der Waals surface area contributed by atoms with Crippen molar-refractivity contribution < 1.29 is 24.5 Å². The Kier molecular flexibility index (Phi) is 72.9. The third-order valence-electron chi connectivity index (χ3n) is 18.2. The van der Waals surface area contributed by atoms with Crippen LogP contribution in [0.5, 0.6) is 0 Å². The lowest BCUT2D eigenvalue weighted by Crippen LogP contribution is -2.45. The average molecular weight is 1200 g/mol. The number of hydrogen-bond donors (Lipinski definition) is 3. The Balaban J connectivity index is 3.28. The van der Waals surface area contributed by atoms with Crippen molar-refractivity contribution in [2.75, 3.05) is 13.2 Å². The van der Waals surface area contributed by atoms with Gasteiger partial charge in [-0.05, 0) is 64.2 Å². The first-order chi connectivity index (χ1) is 42.0. The highest BCUT2D eigenvalue weighted by molar-refractivity contribution is 5.76. The Labute approximate surface area is 532 Å². The molecule has 0 spiro atoms. The molecule has 1 amide bonds. The summed E-state index contributed by atoms with van der Waals surface area (Å²) in [4.78, 5) is 24.6. The van der Waals surface area contributed by atoms with Crippen LogP contribution in [0.2, 0.25) is 0 Å². The van der Waals surface area contributed by atoms with Crippen LogP contribution >= 0.6 is 0 Å². The number of ether oxygens (including phenoxy) is 1. The molecule has 0 rings (SSSR count). The molecule has 85 heavy (non-hydrogen) atoms. The van der Waals surface area contributed by atoms with Crippen LogP contribution in [0.4, 0.5) is 0 Å². The zero-order valence-corrected chi connectivity index (χ0v) is 57.6. The van der Waals surface area contributed by atoms with Crippen molar-refractivity contribution in [1.29, 1.82) is 0 Å². The van der Waals surface area contributed by atoms with E-state index in [9.17, 15) is 19.8 Å². The number of aliphatic hydroxyl groups excluding tert-OH is 2. The first kappa shape index (κ1) is 83.1. The van der Waals surface area contributed by atoms with Gasteiger partial charge >= 0.3 is 5.97 Å². The van der Waals surface area contributed by atoms with Gasteiger partial charge in [-0.2, -0.15) is 0 Å². The van der Waals surface area contributed by atoms with Crippen LogP contribution in [0.1, 0.15) is 431 Å². The molecule has 0 aliphatic heterocycles. The average Bonchev–Trinajstić information content (AvgIpc) is 3.51. The summed E-state index contributed by atoms with van der Waals surface area (Å²) in [6.07, 6.45) is 97.1. The molecule has 0 aliphatic rings. The minimum Gasteiger partial charge on any atom is -0.466 e. The zero-order valence-electron chi connectivity index (χ0n) is 57.6. The van der Waals surface area contributed by atoms with Gasteiger partial charge in [0, 0.05) is 12.8 Å². The third kappa shape index (κ3) is 71.0. The molecule has 2 unspecified atom stereocenters. The van der Waals surface area contributed by atoms with E-state index in [1.807, 2.05) is 6.08 Å². The van der Waals surface area contributed by atoms with Crippen LogP contribution in [0, 0.1) is 0 Å². The van der Waals surface area contributed by atoms with Crippen LogP contribution in [0.15, 0.2) is 36.5 Å². The van der Waals surface area contributed by atoms with Crippen molar-refractivity contribution in [3.05, 3.63) is 36.5 Å². The summed E-state index contributed by atoms with van der Waals surface area (Å²) in [5.74, 6) is -0.0443. The summed E-state index contributed by atoms with van der Waals surface area (Å²) in [7, 11) is 0. The molecule has 0 aromatic rings.